The molecule has 2 aromatic rings. The van der Waals surface area contributed by atoms with Crippen LogP contribution in [-0.4, -0.2) is 22.0 Å². The summed E-state index contributed by atoms with van der Waals surface area (Å²) in [5.41, 5.74) is 2.17. The highest BCUT2D eigenvalue weighted by molar-refractivity contribution is 7.13. The van der Waals surface area contributed by atoms with E-state index in [0.717, 1.165) is 17.0 Å². The Hall–Kier alpha value is -2.21. The van der Waals surface area contributed by atoms with E-state index in [0.29, 0.717) is 22.2 Å². The Morgan fingerprint density at radius 3 is 2.61 bits per heavy atom. The number of nitrogens with zero attached hydrogens (tertiary/aromatic N) is 1. The minimum Gasteiger partial charge on any atom is -0.478 e. The fraction of sp³-hybridized carbons (Fsp3) is 0.353. The van der Waals surface area contributed by atoms with Crippen LogP contribution in [0.2, 0.25) is 0 Å². The van der Waals surface area contributed by atoms with E-state index in [2.05, 4.69) is 24.1 Å². The predicted octanol–water partition coefficient (Wildman–Crippen LogP) is 3.91. The second kappa shape index (κ2) is 6.91. The molecule has 0 atom stereocenters. The first-order valence-corrected chi connectivity index (χ1v) is 8.21. The molecule has 0 unspecified atom stereocenters. The molecule has 0 fully saturated rings. The molecule has 6 heteroatoms. The minimum absolute atomic E-state index is 0.146. The second-order valence-electron chi connectivity index (χ2n) is 5.91. The van der Waals surface area contributed by atoms with Crippen LogP contribution in [0.3, 0.4) is 0 Å². The van der Waals surface area contributed by atoms with Crippen LogP contribution in [0.15, 0.2) is 18.2 Å². The largest absolute Gasteiger partial charge is 0.478 e. The first-order valence-electron chi connectivity index (χ1n) is 7.39. The van der Waals surface area contributed by atoms with E-state index in [1.807, 2.05) is 13.8 Å². The maximum Gasteiger partial charge on any atom is 0.335 e. The summed E-state index contributed by atoms with van der Waals surface area (Å²) in [7, 11) is 0. The van der Waals surface area contributed by atoms with Crippen LogP contribution in [-0.2, 0) is 6.42 Å². The summed E-state index contributed by atoms with van der Waals surface area (Å²) < 4.78 is 0. The lowest BCUT2D eigenvalue weighted by molar-refractivity contribution is 0.0696. The quantitative estimate of drug-likeness (QED) is 0.870. The van der Waals surface area contributed by atoms with Crippen molar-refractivity contribution in [3.8, 4) is 0 Å². The van der Waals surface area contributed by atoms with Crippen molar-refractivity contribution in [3.63, 3.8) is 0 Å². The molecule has 0 aliphatic rings. The molecule has 0 spiro atoms. The minimum atomic E-state index is -1.02. The number of carboxylic acid groups (broad SMARTS) is 1. The second-order valence-corrected chi connectivity index (χ2v) is 6.99. The number of amides is 1. The van der Waals surface area contributed by atoms with Crippen molar-refractivity contribution in [1.29, 1.82) is 0 Å². The van der Waals surface area contributed by atoms with Crippen molar-refractivity contribution in [2.24, 2.45) is 5.92 Å². The molecule has 0 bridgehead atoms. The standard InChI is InChI=1S/C17H20N2O3S/c1-9(2)7-14-18-11(4)15(23-14)16(20)19-13-8-12(17(21)22)6-5-10(13)3/h5-6,8-9H,7H2,1-4H3,(H,19,20)(H,21,22). The molecule has 1 aromatic carbocycles. The van der Waals surface area contributed by atoms with E-state index in [1.165, 1.54) is 23.5 Å². The number of thiazole rings is 1. The number of hydrogen-bond donors (Lipinski definition) is 2. The molecule has 0 saturated heterocycles. The number of carbonyl (C=O) groups excluding carboxylic acids is 1. The van der Waals surface area contributed by atoms with E-state index in [4.69, 9.17) is 5.11 Å². The first-order chi connectivity index (χ1) is 10.8. The van der Waals surface area contributed by atoms with Crippen molar-refractivity contribution in [2.45, 2.75) is 34.1 Å². The predicted molar refractivity (Wildman–Crippen MR) is 91.5 cm³/mol. The number of hydrogen-bond acceptors (Lipinski definition) is 4. The average Bonchev–Trinajstić information content (AvgIpc) is 2.80. The summed E-state index contributed by atoms with van der Waals surface area (Å²) in [6.45, 7) is 7.86. The number of rotatable bonds is 5. The molecule has 0 radical (unpaired) electrons. The van der Waals surface area contributed by atoms with Crippen molar-refractivity contribution in [1.82, 2.24) is 4.98 Å². The average molecular weight is 332 g/mol. The number of anilines is 1. The number of aryl methyl sites for hydroxylation is 2. The van der Waals surface area contributed by atoms with Gasteiger partial charge in [0.1, 0.15) is 4.88 Å². The smallest absolute Gasteiger partial charge is 0.335 e. The fourth-order valence-electron chi connectivity index (χ4n) is 2.17. The lowest BCUT2D eigenvalue weighted by Crippen LogP contribution is -2.13. The van der Waals surface area contributed by atoms with Crippen LogP contribution in [0.4, 0.5) is 5.69 Å². The number of nitrogens with one attached hydrogen (secondary N) is 1. The number of carbonyl (C=O) groups is 2. The van der Waals surface area contributed by atoms with E-state index in [-0.39, 0.29) is 11.5 Å². The zero-order valence-corrected chi connectivity index (χ0v) is 14.5. The Kier molecular flexibility index (Phi) is 5.15. The number of aromatic carboxylic acids is 1. The van der Waals surface area contributed by atoms with E-state index in [9.17, 15) is 9.59 Å². The molecule has 1 aromatic heterocycles. The summed E-state index contributed by atoms with van der Waals surface area (Å²) in [6.07, 6.45) is 0.840. The first kappa shape index (κ1) is 17.1. The van der Waals surface area contributed by atoms with Crippen LogP contribution >= 0.6 is 11.3 Å². The van der Waals surface area contributed by atoms with Gasteiger partial charge in [-0.1, -0.05) is 19.9 Å². The molecule has 2 N–H and O–H groups in total. The molecule has 23 heavy (non-hydrogen) atoms. The molecule has 0 aliphatic carbocycles. The van der Waals surface area contributed by atoms with Gasteiger partial charge in [-0.05, 0) is 37.5 Å². The summed E-state index contributed by atoms with van der Waals surface area (Å²) in [5, 5.41) is 12.8. The van der Waals surface area contributed by atoms with Gasteiger partial charge in [-0.2, -0.15) is 0 Å². The highest BCUT2D eigenvalue weighted by Crippen LogP contribution is 2.23. The fourth-order valence-corrected chi connectivity index (χ4v) is 3.34. The van der Waals surface area contributed by atoms with Crippen LogP contribution in [0, 0.1) is 19.8 Å². The molecule has 122 valence electrons. The third-order valence-corrected chi connectivity index (χ3v) is 4.54. The zero-order valence-electron chi connectivity index (χ0n) is 13.6. The normalized spacial score (nSPS) is 10.8. The van der Waals surface area contributed by atoms with Crippen LogP contribution in [0.5, 0.6) is 0 Å². The van der Waals surface area contributed by atoms with E-state index < -0.39 is 5.97 Å². The summed E-state index contributed by atoms with van der Waals surface area (Å²) in [5.74, 6) is -0.791. The molecule has 0 saturated carbocycles. The third kappa shape index (κ3) is 4.16. The van der Waals surface area contributed by atoms with Gasteiger partial charge in [0, 0.05) is 12.1 Å². The molecular formula is C17H20N2O3S. The molecule has 5 nitrogen and oxygen atoms in total. The molecule has 1 amide bonds. The van der Waals surface area contributed by atoms with Gasteiger partial charge in [-0.25, -0.2) is 9.78 Å². The van der Waals surface area contributed by atoms with Gasteiger partial charge < -0.3 is 10.4 Å². The Bertz CT molecular complexity index is 750. The molecule has 2 rings (SSSR count). The Morgan fingerprint density at radius 1 is 1.30 bits per heavy atom. The summed E-state index contributed by atoms with van der Waals surface area (Å²) in [4.78, 5) is 28.6. The lowest BCUT2D eigenvalue weighted by atomic mass is 10.1. The van der Waals surface area contributed by atoms with Crippen molar-refractivity contribution in [3.05, 3.63) is 44.9 Å². The number of carboxylic acids is 1. The molecular weight excluding hydrogens is 312 g/mol. The van der Waals surface area contributed by atoms with Gasteiger partial charge in [0.15, 0.2) is 0 Å². The van der Waals surface area contributed by atoms with Gasteiger partial charge >= 0.3 is 5.97 Å². The monoisotopic (exact) mass is 332 g/mol. The van der Waals surface area contributed by atoms with Crippen LogP contribution in [0.25, 0.3) is 0 Å². The summed E-state index contributed by atoms with van der Waals surface area (Å²) >= 11 is 1.39. The highest BCUT2D eigenvalue weighted by atomic mass is 32.1. The lowest BCUT2D eigenvalue weighted by Gasteiger charge is -2.08. The zero-order chi connectivity index (χ0) is 17.1. The van der Waals surface area contributed by atoms with Gasteiger partial charge in [0.2, 0.25) is 0 Å². The van der Waals surface area contributed by atoms with Crippen molar-refractivity contribution < 1.29 is 14.7 Å². The maximum absolute atomic E-state index is 12.5. The number of benzene rings is 1. The molecule has 0 aliphatic heterocycles. The SMILES string of the molecule is Cc1ccc(C(=O)O)cc1NC(=O)c1sc(CC(C)C)nc1C. The van der Waals surface area contributed by atoms with Gasteiger partial charge in [-0.15, -0.1) is 11.3 Å². The van der Waals surface area contributed by atoms with Gasteiger partial charge in [0.05, 0.1) is 16.3 Å². The number of aromatic nitrogens is 1. The highest BCUT2D eigenvalue weighted by Gasteiger charge is 2.17. The topological polar surface area (TPSA) is 79.3 Å². The summed E-state index contributed by atoms with van der Waals surface area (Å²) in [6, 6.07) is 4.68. The van der Waals surface area contributed by atoms with Crippen molar-refractivity contribution >= 4 is 28.9 Å². The Morgan fingerprint density at radius 2 is 2.00 bits per heavy atom. The van der Waals surface area contributed by atoms with Crippen molar-refractivity contribution in [2.75, 3.05) is 5.32 Å². The van der Waals surface area contributed by atoms with Crippen LogP contribution < -0.4 is 5.32 Å². The molecule has 1 heterocycles. The van der Waals surface area contributed by atoms with E-state index in [1.54, 1.807) is 6.07 Å². The van der Waals surface area contributed by atoms with Crippen LogP contribution in [0.1, 0.15) is 50.1 Å². The Balaban J connectivity index is 2.24. The van der Waals surface area contributed by atoms with E-state index >= 15 is 0 Å². The van der Waals surface area contributed by atoms with Gasteiger partial charge in [-0.3, -0.25) is 4.79 Å². The van der Waals surface area contributed by atoms with Gasteiger partial charge in [0.25, 0.3) is 5.91 Å². The Labute approximate surface area is 139 Å². The third-order valence-electron chi connectivity index (χ3n) is 3.36. The maximum atomic E-state index is 12.5.